The van der Waals surface area contributed by atoms with Crippen LogP contribution < -0.4 is 0 Å². The van der Waals surface area contributed by atoms with Gasteiger partial charge in [-0.3, -0.25) is 0 Å². The van der Waals surface area contributed by atoms with Crippen LogP contribution in [0.15, 0.2) is 78.9 Å². The summed E-state index contributed by atoms with van der Waals surface area (Å²) in [5.74, 6) is -0.323. The molecule has 1 N–H and O–H groups in total. The van der Waals surface area contributed by atoms with Crippen LogP contribution in [0.4, 0.5) is 0 Å². The first-order valence-electron chi connectivity index (χ1n) is 8.11. The molecular formula is C22H17NO2. The number of hydrogen-bond acceptors (Lipinski definition) is 2. The number of rotatable bonds is 3. The van der Waals surface area contributed by atoms with E-state index < -0.39 is 0 Å². The normalized spacial score (nSPS) is 10.8. The van der Waals surface area contributed by atoms with Gasteiger partial charge in [0.25, 0.3) is 0 Å². The average Bonchev–Trinajstić information content (AvgIpc) is 3.11. The maximum atomic E-state index is 11.5. The number of ether oxygens (including phenoxy) is 1. The third-order valence-electron chi connectivity index (χ3n) is 4.34. The second-order valence-electron chi connectivity index (χ2n) is 5.92. The van der Waals surface area contributed by atoms with Gasteiger partial charge in [-0.15, -0.1) is 0 Å². The predicted molar refractivity (Wildman–Crippen MR) is 101 cm³/mol. The molecule has 0 amide bonds. The van der Waals surface area contributed by atoms with E-state index in [2.05, 4.69) is 41.4 Å². The van der Waals surface area contributed by atoms with E-state index in [0.717, 1.165) is 22.2 Å². The maximum absolute atomic E-state index is 11.5. The number of methoxy groups -OCH3 is 1. The van der Waals surface area contributed by atoms with Crippen molar-refractivity contribution in [3.63, 3.8) is 0 Å². The molecule has 1 aromatic heterocycles. The molecule has 3 heteroatoms. The van der Waals surface area contributed by atoms with Gasteiger partial charge in [0, 0.05) is 16.6 Å². The molecule has 25 heavy (non-hydrogen) atoms. The van der Waals surface area contributed by atoms with E-state index >= 15 is 0 Å². The number of carbonyl (C=O) groups excluding carboxylic acids is 1. The van der Waals surface area contributed by atoms with Gasteiger partial charge in [0.2, 0.25) is 0 Å². The Balaban J connectivity index is 1.70. The molecule has 1 heterocycles. The Morgan fingerprint density at radius 1 is 0.800 bits per heavy atom. The molecule has 0 saturated carbocycles. The molecule has 3 aromatic carbocycles. The predicted octanol–water partition coefficient (Wildman–Crippen LogP) is 5.29. The first-order chi connectivity index (χ1) is 12.2. The molecule has 0 fully saturated rings. The Morgan fingerprint density at radius 2 is 1.52 bits per heavy atom. The molecule has 4 aromatic rings. The molecule has 0 bridgehead atoms. The Bertz CT molecular complexity index is 1030. The molecule has 0 radical (unpaired) electrons. The van der Waals surface area contributed by atoms with Crippen molar-refractivity contribution in [2.24, 2.45) is 0 Å². The highest BCUT2D eigenvalue weighted by molar-refractivity contribution is 5.91. The lowest BCUT2D eigenvalue weighted by molar-refractivity contribution is 0.0601. The van der Waals surface area contributed by atoms with Crippen LogP contribution in [0.1, 0.15) is 10.4 Å². The molecule has 3 nitrogen and oxygen atoms in total. The van der Waals surface area contributed by atoms with Crippen molar-refractivity contribution in [2.75, 3.05) is 7.11 Å². The van der Waals surface area contributed by atoms with Crippen molar-refractivity contribution in [3.05, 3.63) is 84.4 Å². The fourth-order valence-electron chi connectivity index (χ4n) is 3.00. The number of aromatic nitrogens is 1. The number of esters is 1. The van der Waals surface area contributed by atoms with Crippen LogP contribution in [-0.4, -0.2) is 18.1 Å². The summed E-state index contributed by atoms with van der Waals surface area (Å²) in [5, 5.41) is 1.16. The summed E-state index contributed by atoms with van der Waals surface area (Å²) >= 11 is 0. The maximum Gasteiger partial charge on any atom is 0.337 e. The summed E-state index contributed by atoms with van der Waals surface area (Å²) in [6.45, 7) is 0. The summed E-state index contributed by atoms with van der Waals surface area (Å²) in [5.41, 5.74) is 6.09. The van der Waals surface area contributed by atoms with Gasteiger partial charge in [0.05, 0.1) is 12.7 Å². The van der Waals surface area contributed by atoms with Crippen LogP contribution >= 0.6 is 0 Å². The smallest absolute Gasteiger partial charge is 0.337 e. The van der Waals surface area contributed by atoms with Gasteiger partial charge >= 0.3 is 5.97 Å². The van der Waals surface area contributed by atoms with E-state index in [1.807, 2.05) is 30.3 Å². The van der Waals surface area contributed by atoms with Crippen molar-refractivity contribution in [1.29, 1.82) is 0 Å². The number of H-pyrrole nitrogens is 1. The van der Waals surface area contributed by atoms with E-state index in [4.69, 9.17) is 4.74 Å². The SMILES string of the molecule is COC(=O)c1ccc(-c2cc3cc(-c4ccccc4)ccc3[nH]2)cc1. The summed E-state index contributed by atoms with van der Waals surface area (Å²) in [6.07, 6.45) is 0. The fraction of sp³-hybridized carbons (Fsp3) is 0.0455. The highest BCUT2D eigenvalue weighted by Gasteiger charge is 2.08. The molecule has 0 spiro atoms. The van der Waals surface area contributed by atoms with Crippen LogP contribution in [0, 0.1) is 0 Å². The summed E-state index contributed by atoms with van der Waals surface area (Å²) in [4.78, 5) is 15.0. The van der Waals surface area contributed by atoms with Crippen molar-refractivity contribution in [1.82, 2.24) is 4.98 Å². The topological polar surface area (TPSA) is 42.1 Å². The standard InChI is InChI=1S/C22H17NO2/c1-25-22(24)17-9-7-16(8-10-17)21-14-19-13-18(11-12-20(19)23-21)15-5-3-2-4-6-15/h2-14,23H,1H3. The van der Waals surface area contributed by atoms with Crippen molar-refractivity contribution in [2.45, 2.75) is 0 Å². The van der Waals surface area contributed by atoms with Crippen LogP contribution in [0.5, 0.6) is 0 Å². The second kappa shape index (κ2) is 6.29. The number of fused-ring (bicyclic) bond motifs is 1. The minimum Gasteiger partial charge on any atom is -0.465 e. The van der Waals surface area contributed by atoms with Crippen LogP contribution in [0.2, 0.25) is 0 Å². The lowest BCUT2D eigenvalue weighted by atomic mass is 10.0. The first kappa shape index (κ1) is 15.2. The third kappa shape index (κ3) is 2.92. The van der Waals surface area contributed by atoms with Gasteiger partial charge < -0.3 is 9.72 Å². The molecule has 0 atom stereocenters. The second-order valence-corrected chi connectivity index (χ2v) is 5.92. The average molecular weight is 327 g/mol. The summed E-state index contributed by atoms with van der Waals surface area (Å²) < 4.78 is 4.74. The van der Waals surface area contributed by atoms with Crippen LogP contribution in [0.25, 0.3) is 33.3 Å². The highest BCUT2D eigenvalue weighted by Crippen LogP contribution is 2.28. The van der Waals surface area contributed by atoms with Gasteiger partial charge in [0.1, 0.15) is 0 Å². The number of benzene rings is 3. The minimum absolute atomic E-state index is 0.323. The fourth-order valence-corrected chi connectivity index (χ4v) is 3.00. The van der Waals surface area contributed by atoms with E-state index in [9.17, 15) is 4.79 Å². The van der Waals surface area contributed by atoms with Crippen LogP contribution in [0.3, 0.4) is 0 Å². The van der Waals surface area contributed by atoms with E-state index in [1.165, 1.54) is 18.2 Å². The lowest BCUT2D eigenvalue weighted by Gasteiger charge is -2.01. The quantitative estimate of drug-likeness (QED) is 0.520. The Labute approximate surface area is 145 Å². The van der Waals surface area contributed by atoms with Gasteiger partial charge in [-0.2, -0.15) is 0 Å². The van der Waals surface area contributed by atoms with E-state index in [1.54, 1.807) is 12.1 Å². The number of nitrogens with one attached hydrogen (secondary N) is 1. The van der Waals surface area contributed by atoms with E-state index in [0.29, 0.717) is 5.56 Å². The minimum atomic E-state index is -0.323. The molecule has 0 saturated heterocycles. The molecule has 0 unspecified atom stereocenters. The van der Waals surface area contributed by atoms with Gasteiger partial charge in [0.15, 0.2) is 0 Å². The molecule has 0 aliphatic heterocycles. The zero-order valence-corrected chi connectivity index (χ0v) is 13.8. The molecule has 122 valence electrons. The van der Waals surface area contributed by atoms with Gasteiger partial charge in [-0.05, 0) is 47.0 Å². The molecule has 0 aliphatic carbocycles. The molecular weight excluding hydrogens is 310 g/mol. The zero-order chi connectivity index (χ0) is 17.2. The van der Waals surface area contributed by atoms with Crippen molar-refractivity contribution in [3.8, 4) is 22.4 Å². The third-order valence-corrected chi connectivity index (χ3v) is 4.34. The summed E-state index contributed by atoms with van der Waals surface area (Å²) in [6, 6.07) is 26.3. The monoisotopic (exact) mass is 327 g/mol. The van der Waals surface area contributed by atoms with Gasteiger partial charge in [-0.1, -0.05) is 48.5 Å². The van der Waals surface area contributed by atoms with Gasteiger partial charge in [-0.25, -0.2) is 4.79 Å². The molecule has 0 aliphatic rings. The number of aromatic amines is 1. The Morgan fingerprint density at radius 3 is 2.24 bits per heavy atom. The van der Waals surface area contributed by atoms with E-state index in [-0.39, 0.29) is 5.97 Å². The molecule has 4 rings (SSSR count). The zero-order valence-electron chi connectivity index (χ0n) is 13.8. The highest BCUT2D eigenvalue weighted by atomic mass is 16.5. The first-order valence-corrected chi connectivity index (χ1v) is 8.11. The van der Waals surface area contributed by atoms with Crippen molar-refractivity contribution >= 4 is 16.9 Å². The largest absolute Gasteiger partial charge is 0.465 e. The summed E-state index contributed by atoms with van der Waals surface area (Å²) in [7, 11) is 1.39. The number of hydrogen-bond donors (Lipinski definition) is 1. The van der Waals surface area contributed by atoms with Crippen molar-refractivity contribution < 1.29 is 9.53 Å². The number of carbonyl (C=O) groups is 1. The Hall–Kier alpha value is -3.33. The Kier molecular flexibility index (Phi) is 3.82. The lowest BCUT2D eigenvalue weighted by Crippen LogP contribution is -2.00. The van der Waals surface area contributed by atoms with Crippen LogP contribution in [-0.2, 0) is 4.74 Å².